The Morgan fingerprint density at radius 3 is 2.94 bits per heavy atom. The lowest BCUT2D eigenvalue weighted by Gasteiger charge is -2.45. The minimum Gasteiger partial charge on any atom is -0.354 e. The number of anilines is 3. The molecule has 0 saturated carbocycles. The largest absolute Gasteiger partial charge is 0.354 e. The van der Waals surface area contributed by atoms with Crippen molar-refractivity contribution < 1.29 is 9.18 Å². The van der Waals surface area contributed by atoms with E-state index in [1.165, 1.54) is 6.42 Å². The number of hydrogen-bond acceptors (Lipinski definition) is 7. The van der Waals surface area contributed by atoms with Crippen LogP contribution in [0, 0.1) is 5.82 Å². The molecule has 33 heavy (non-hydrogen) atoms. The van der Waals surface area contributed by atoms with Gasteiger partial charge < -0.3 is 20.4 Å². The maximum Gasteiger partial charge on any atom is 0.321 e. The smallest absolute Gasteiger partial charge is 0.321 e. The van der Waals surface area contributed by atoms with Crippen molar-refractivity contribution in [2.45, 2.75) is 64.7 Å². The first kappa shape index (κ1) is 21.9. The van der Waals surface area contributed by atoms with Gasteiger partial charge in [-0.1, -0.05) is 0 Å². The predicted molar refractivity (Wildman–Crippen MR) is 123 cm³/mol. The van der Waals surface area contributed by atoms with Crippen molar-refractivity contribution in [2.24, 2.45) is 0 Å². The van der Waals surface area contributed by atoms with Crippen LogP contribution in [0.2, 0.25) is 0 Å². The number of piperazine rings is 1. The van der Waals surface area contributed by atoms with Gasteiger partial charge in [0.1, 0.15) is 0 Å². The maximum atomic E-state index is 14.4. The summed E-state index contributed by atoms with van der Waals surface area (Å²) < 4.78 is 14.4. The second-order valence-electron chi connectivity index (χ2n) is 9.69. The Kier molecular flexibility index (Phi) is 5.38. The van der Waals surface area contributed by atoms with Gasteiger partial charge in [0.15, 0.2) is 17.5 Å². The van der Waals surface area contributed by atoms with E-state index in [1.54, 1.807) is 0 Å². The molecule has 0 aromatic carbocycles. The van der Waals surface area contributed by atoms with Crippen molar-refractivity contribution in [2.75, 3.05) is 36.8 Å². The summed E-state index contributed by atoms with van der Waals surface area (Å²) in [7, 11) is 0. The molecule has 2 saturated heterocycles. The number of carbonyl (C=O) groups excluding carboxylic acids is 1. The molecule has 2 fully saturated rings. The van der Waals surface area contributed by atoms with Crippen LogP contribution in [-0.2, 0) is 12.1 Å². The monoisotopic (exact) mass is 457 g/mol. The van der Waals surface area contributed by atoms with E-state index in [2.05, 4.69) is 42.6 Å². The second-order valence-corrected chi connectivity index (χ2v) is 9.69. The number of rotatable bonds is 4. The second kappa shape index (κ2) is 8.12. The standard InChI is InChI=1S/C22H32FN9O/c1-5-24-20-25-9-16(23)19(27-20)26-18-15-12-32(22(3,4)17(15)28-29-18)21(33)31-11-14-7-6-8-30(14)10-13(31)2/h9,13-14H,5-8,10-12H2,1-4H3,(H3,24,25,26,27,28,29)/t13-,14?/m0/s1. The van der Waals surface area contributed by atoms with Crippen LogP contribution in [0.25, 0.3) is 0 Å². The summed E-state index contributed by atoms with van der Waals surface area (Å²) >= 11 is 0. The van der Waals surface area contributed by atoms with E-state index in [1.807, 2.05) is 30.6 Å². The van der Waals surface area contributed by atoms with Gasteiger partial charge in [0, 0.05) is 37.3 Å². The van der Waals surface area contributed by atoms with Crippen LogP contribution in [0.3, 0.4) is 0 Å². The highest BCUT2D eigenvalue weighted by atomic mass is 19.1. The van der Waals surface area contributed by atoms with E-state index in [0.29, 0.717) is 30.9 Å². The van der Waals surface area contributed by atoms with Gasteiger partial charge in [0.05, 0.1) is 24.0 Å². The van der Waals surface area contributed by atoms with Crippen molar-refractivity contribution in [1.82, 2.24) is 34.9 Å². The fraction of sp³-hybridized carbons (Fsp3) is 0.636. The van der Waals surface area contributed by atoms with Crippen LogP contribution >= 0.6 is 0 Å². The number of carbonyl (C=O) groups is 1. The predicted octanol–water partition coefficient (Wildman–Crippen LogP) is 2.85. The number of aromatic amines is 1. The topological polar surface area (TPSA) is 105 Å². The zero-order valence-corrected chi connectivity index (χ0v) is 19.7. The van der Waals surface area contributed by atoms with E-state index in [0.717, 1.165) is 43.5 Å². The molecule has 5 heterocycles. The number of nitrogens with one attached hydrogen (secondary N) is 3. The van der Waals surface area contributed by atoms with Crippen LogP contribution < -0.4 is 10.6 Å². The Labute approximate surface area is 192 Å². The third kappa shape index (κ3) is 3.68. The summed E-state index contributed by atoms with van der Waals surface area (Å²) in [5.41, 5.74) is 1.14. The SMILES string of the molecule is CCNc1ncc(F)c(Nc2n[nH]c3c2CN(C(=O)N2CC4CCCN4C[C@@H]2C)C3(C)C)n1. The van der Waals surface area contributed by atoms with Gasteiger partial charge >= 0.3 is 6.03 Å². The van der Waals surface area contributed by atoms with Crippen molar-refractivity contribution in [3.05, 3.63) is 23.3 Å². The van der Waals surface area contributed by atoms with Crippen molar-refractivity contribution in [1.29, 1.82) is 0 Å². The molecule has 11 heteroatoms. The Balaban J connectivity index is 1.37. The molecule has 3 N–H and O–H groups in total. The zero-order valence-electron chi connectivity index (χ0n) is 19.7. The number of hydrogen-bond donors (Lipinski definition) is 3. The highest BCUT2D eigenvalue weighted by Gasteiger charge is 2.47. The normalized spacial score (nSPS) is 24.0. The molecule has 3 aliphatic heterocycles. The van der Waals surface area contributed by atoms with Crippen LogP contribution in [-0.4, -0.2) is 79.2 Å². The lowest BCUT2D eigenvalue weighted by Crippen LogP contribution is -2.60. The number of nitrogens with zero attached hydrogens (tertiary/aromatic N) is 6. The Morgan fingerprint density at radius 1 is 1.33 bits per heavy atom. The maximum absolute atomic E-state index is 14.4. The molecule has 0 aliphatic carbocycles. The summed E-state index contributed by atoms with van der Waals surface area (Å²) in [5, 5.41) is 13.4. The highest BCUT2D eigenvalue weighted by Crippen LogP contribution is 2.42. The minimum atomic E-state index is -0.568. The molecule has 0 radical (unpaired) electrons. The van der Waals surface area contributed by atoms with Gasteiger partial charge in [-0.15, -0.1) is 0 Å². The third-order valence-electron chi connectivity index (χ3n) is 7.20. The molecular weight excluding hydrogens is 425 g/mol. The fourth-order valence-electron chi connectivity index (χ4n) is 5.35. The first-order valence-electron chi connectivity index (χ1n) is 11.7. The number of halogens is 1. The average molecular weight is 458 g/mol. The fourth-order valence-corrected chi connectivity index (χ4v) is 5.35. The van der Waals surface area contributed by atoms with Gasteiger partial charge in [0.25, 0.3) is 0 Å². The molecule has 2 atom stereocenters. The van der Waals surface area contributed by atoms with Gasteiger partial charge in [-0.3, -0.25) is 10.00 Å². The van der Waals surface area contributed by atoms with E-state index in [9.17, 15) is 9.18 Å². The molecule has 5 rings (SSSR count). The molecule has 0 spiro atoms. The summed E-state index contributed by atoms with van der Waals surface area (Å²) in [6.07, 6.45) is 3.48. The molecule has 178 valence electrons. The van der Waals surface area contributed by atoms with Gasteiger partial charge in [-0.05, 0) is 47.1 Å². The number of H-pyrrole nitrogens is 1. The molecule has 1 unspecified atom stereocenters. The Morgan fingerprint density at radius 2 is 2.15 bits per heavy atom. The van der Waals surface area contributed by atoms with Crippen molar-refractivity contribution >= 4 is 23.6 Å². The van der Waals surface area contributed by atoms with Crippen LogP contribution in [0.1, 0.15) is 51.8 Å². The lowest BCUT2D eigenvalue weighted by molar-refractivity contribution is 0.0454. The van der Waals surface area contributed by atoms with Crippen molar-refractivity contribution in [3.63, 3.8) is 0 Å². The first-order chi connectivity index (χ1) is 15.8. The van der Waals surface area contributed by atoms with E-state index >= 15 is 0 Å². The molecule has 2 aromatic heterocycles. The average Bonchev–Trinajstić information content (AvgIpc) is 3.46. The summed E-state index contributed by atoms with van der Waals surface area (Å²) in [6.45, 7) is 11.9. The highest BCUT2D eigenvalue weighted by molar-refractivity contribution is 5.78. The number of aromatic nitrogens is 4. The van der Waals surface area contributed by atoms with Crippen molar-refractivity contribution in [3.8, 4) is 0 Å². The molecule has 2 aromatic rings. The lowest BCUT2D eigenvalue weighted by atomic mass is 10.0. The number of fused-ring (bicyclic) bond motifs is 2. The minimum absolute atomic E-state index is 0.0391. The first-order valence-corrected chi connectivity index (χ1v) is 11.7. The van der Waals surface area contributed by atoms with Crippen LogP contribution in [0.4, 0.5) is 26.8 Å². The number of amides is 2. The van der Waals surface area contributed by atoms with Crippen LogP contribution in [0.5, 0.6) is 0 Å². The Hall–Kier alpha value is -2.95. The summed E-state index contributed by atoms with van der Waals surface area (Å²) in [4.78, 5) is 28.3. The molecule has 0 bridgehead atoms. The number of urea groups is 1. The van der Waals surface area contributed by atoms with Gasteiger partial charge in [0.2, 0.25) is 5.95 Å². The van der Waals surface area contributed by atoms with E-state index < -0.39 is 11.4 Å². The van der Waals surface area contributed by atoms with E-state index in [-0.39, 0.29) is 17.9 Å². The molecule has 2 amide bonds. The van der Waals surface area contributed by atoms with Gasteiger partial charge in [-0.2, -0.15) is 10.1 Å². The molecular formula is C22H32FN9O. The molecule has 3 aliphatic rings. The summed E-state index contributed by atoms with van der Waals surface area (Å²) in [6, 6.07) is 0.661. The quantitative estimate of drug-likeness (QED) is 0.648. The summed E-state index contributed by atoms with van der Waals surface area (Å²) in [5.74, 6) is 0.290. The zero-order chi connectivity index (χ0) is 23.3. The molecule has 10 nitrogen and oxygen atoms in total. The Bertz CT molecular complexity index is 1050. The van der Waals surface area contributed by atoms with E-state index in [4.69, 9.17) is 0 Å². The van der Waals surface area contributed by atoms with Crippen LogP contribution in [0.15, 0.2) is 6.20 Å². The third-order valence-corrected chi connectivity index (χ3v) is 7.20. The van der Waals surface area contributed by atoms with Gasteiger partial charge in [-0.25, -0.2) is 14.2 Å².